The van der Waals surface area contributed by atoms with Crippen molar-refractivity contribution in [1.29, 1.82) is 0 Å². The Labute approximate surface area is 110 Å². The minimum atomic E-state index is -1.06. The van der Waals surface area contributed by atoms with E-state index in [1.807, 2.05) is 0 Å². The predicted molar refractivity (Wildman–Crippen MR) is 67.9 cm³/mol. The standard InChI is InChI=1S/C12H15N3O4/c16-12(17)11(14-7-5-13-6-8-14)9-3-1-2-4-10(9)15(18)19/h1-4,11,13H,5-8H2,(H,16,17). The Balaban J connectivity index is 2.38. The molecule has 1 aromatic carbocycles. The van der Waals surface area contributed by atoms with Crippen LogP contribution in [0.3, 0.4) is 0 Å². The van der Waals surface area contributed by atoms with Gasteiger partial charge in [0.1, 0.15) is 6.04 Å². The summed E-state index contributed by atoms with van der Waals surface area (Å²) in [5.41, 5.74) is 0.0929. The average molecular weight is 265 g/mol. The molecule has 0 radical (unpaired) electrons. The number of carboxylic acid groups (broad SMARTS) is 1. The van der Waals surface area contributed by atoms with Crippen molar-refractivity contribution in [3.05, 3.63) is 39.9 Å². The second kappa shape index (κ2) is 5.77. The van der Waals surface area contributed by atoms with Gasteiger partial charge in [0.2, 0.25) is 0 Å². The third kappa shape index (κ3) is 2.88. The molecule has 0 aliphatic carbocycles. The maximum Gasteiger partial charge on any atom is 0.325 e. The van der Waals surface area contributed by atoms with Gasteiger partial charge in [-0.15, -0.1) is 0 Å². The molecule has 0 spiro atoms. The highest BCUT2D eigenvalue weighted by atomic mass is 16.6. The molecular weight excluding hydrogens is 250 g/mol. The molecular formula is C12H15N3O4. The second-order valence-electron chi connectivity index (χ2n) is 4.34. The van der Waals surface area contributed by atoms with E-state index in [2.05, 4.69) is 5.32 Å². The topological polar surface area (TPSA) is 95.7 Å². The van der Waals surface area contributed by atoms with E-state index in [-0.39, 0.29) is 11.3 Å². The van der Waals surface area contributed by atoms with Gasteiger partial charge in [0, 0.05) is 32.2 Å². The number of nitrogens with one attached hydrogen (secondary N) is 1. The summed E-state index contributed by atoms with van der Waals surface area (Å²) in [4.78, 5) is 23.7. The lowest BCUT2D eigenvalue weighted by Crippen LogP contribution is -2.47. The maximum atomic E-state index is 11.5. The van der Waals surface area contributed by atoms with Crippen molar-refractivity contribution in [2.24, 2.45) is 0 Å². The molecule has 7 nitrogen and oxygen atoms in total. The van der Waals surface area contributed by atoms with Gasteiger partial charge in [0.05, 0.1) is 10.5 Å². The molecule has 2 N–H and O–H groups in total. The van der Waals surface area contributed by atoms with Gasteiger partial charge in [0.25, 0.3) is 5.69 Å². The highest BCUT2D eigenvalue weighted by Gasteiger charge is 2.33. The summed E-state index contributed by atoms with van der Waals surface area (Å²) in [5, 5.41) is 23.5. The summed E-state index contributed by atoms with van der Waals surface area (Å²) >= 11 is 0. The number of para-hydroxylation sites is 1. The average Bonchev–Trinajstić information content (AvgIpc) is 2.40. The van der Waals surface area contributed by atoms with Crippen LogP contribution in [0.1, 0.15) is 11.6 Å². The first kappa shape index (κ1) is 13.4. The highest BCUT2D eigenvalue weighted by Crippen LogP contribution is 2.29. The number of nitrogens with zero attached hydrogens (tertiary/aromatic N) is 2. The quantitative estimate of drug-likeness (QED) is 0.612. The van der Waals surface area contributed by atoms with Crippen LogP contribution in [0.4, 0.5) is 5.69 Å². The molecule has 1 fully saturated rings. The van der Waals surface area contributed by atoms with Crippen LogP contribution in [-0.4, -0.2) is 47.1 Å². The molecule has 0 amide bonds. The molecule has 1 heterocycles. The Morgan fingerprint density at radius 2 is 2.00 bits per heavy atom. The van der Waals surface area contributed by atoms with Crippen molar-refractivity contribution in [3.63, 3.8) is 0 Å². The Hall–Kier alpha value is -1.99. The number of carboxylic acids is 1. The van der Waals surface area contributed by atoms with Crippen LogP contribution >= 0.6 is 0 Å². The summed E-state index contributed by atoms with van der Waals surface area (Å²) in [5.74, 6) is -1.06. The summed E-state index contributed by atoms with van der Waals surface area (Å²) < 4.78 is 0. The molecule has 7 heteroatoms. The van der Waals surface area contributed by atoms with Gasteiger partial charge in [-0.1, -0.05) is 12.1 Å². The fraction of sp³-hybridized carbons (Fsp3) is 0.417. The lowest BCUT2D eigenvalue weighted by molar-refractivity contribution is -0.385. The molecule has 1 atom stereocenters. The number of piperazine rings is 1. The van der Waals surface area contributed by atoms with Crippen molar-refractivity contribution >= 4 is 11.7 Å². The number of benzene rings is 1. The van der Waals surface area contributed by atoms with Crippen LogP contribution in [0.5, 0.6) is 0 Å². The van der Waals surface area contributed by atoms with E-state index in [1.54, 1.807) is 11.0 Å². The largest absolute Gasteiger partial charge is 0.480 e. The number of hydrogen-bond acceptors (Lipinski definition) is 5. The first-order valence-electron chi connectivity index (χ1n) is 6.02. The number of nitro groups is 1. The van der Waals surface area contributed by atoms with Crippen LogP contribution < -0.4 is 5.32 Å². The zero-order chi connectivity index (χ0) is 13.8. The Morgan fingerprint density at radius 3 is 2.58 bits per heavy atom. The number of aliphatic carboxylic acids is 1. The van der Waals surface area contributed by atoms with Crippen LogP contribution in [0.15, 0.2) is 24.3 Å². The lowest BCUT2D eigenvalue weighted by atomic mass is 10.0. The van der Waals surface area contributed by atoms with Gasteiger partial charge in [-0.05, 0) is 6.07 Å². The van der Waals surface area contributed by atoms with E-state index in [1.165, 1.54) is 18.2 Å². The monoisotopic (exact) mass is 265 g/mol. The summed E-state index contributed by atoms with van der Waals surface area (Å²) in [6, 6.07) is 5.05. The molecule has 1 aliphatic heterocycles. The van der Waals surface area contributed by atoms with E-state index in [4.69, 9.17) is 0 Å². The fourth-order valence-corrected chi connectivity index (χ4v) is 2.31. The molecule has 0 aromatic heterocycles. The maximum absolute atomic E-state index is 11.5. The zero-order valence-corrected chi connectivity index (χ0v) is 10.3. The number of hydrogen-bond donors (Lipinski definition) is 2. The Bertz CT molecular complexity index is 486. The molecule has 2 rings (SSSR count). The van der Waals surface area contributed by atoms with Crippen LogP contribution in [0, 0.1) is 10.1 Å². The third-order valence-corrected chi connectivity index (χ3v) is 3.18. The van der Waals surface area contributed by atoms with Gasteiger partial charge in [-0.2, -0.15) is 0 Å². The highest BCUT2D eigenvalue weighted by molar-refractivity contribution is 5.77. The second-order valence-corrected chi connectivity index (χ2v) is 4.34. The lowest BCUT2D eigenvalue weighted by Gasteiger charge is -2.32. The van der Waals surface area contributed by atoms with Crippen molar-refractivity contribution in [2.45, 2.75) is 6.04 Å². The SMILES string of the molecule is O=C(O)C(c1ccccc1[N+](=O)[O-])N1CCNCC1. The fourth-order valence-electron chi connectivity index (χ4n) is 2.31. The molecule has 102 valence electrons. The van der Waals surface area contributed by atoms with Gasteiger partial charge in [-0.3, -0.25) is 19.8 Å². The molecule has 1 unspecified atom stereocenters. The Kier molecular flexibility index (Phi) is 4.08. The Morgan fingerprint density at radius 1 is 1.37 bits per heavy atom. The van der Waals surface area contributed by atoms with E-state index in [9.17, 15) is 20.0 Å². The van der Waals surface area contributed by atoms with Gasteiger partial charge in [-0.25, -0.2) is 0 Å². The molecule has 0 bridgehead atoms. The van der Waals surface area contributed by atoms with Gasteiger partial charge >= 0.3 is 5.97 Å². The molecule has 0 saturated carbocycles. The van der Waals surface area contributed by atoms with E-state index < -0.39 is 16.9 Å². The summed E-state index contributed by atoms with van der Waals surface area (Å²) in [7, 11) is 0. The third-order valence-electron chi connectivity index (χ3n) is 3.18. The van der Waals surface area contributed by atoms with Crippen LogP contribution in [0.2, 0.25) is 0 Å². The molecule has 19 heavy (non-hydrogen) atoms. The van der Waals surface area contributed by atoms with Gasteiger partial charge < -0.3 is 10.4 Å². The minimum Gasteiger partial charge on any atom is -0.480 e. The van der Waals surface area contributed by atoms with Crippen LogP contribution in [0.25, 0.3) is 0 Å². The zero-order valence-electron chi connectivity index (χ0n) is 10.3. The summed E-state index contributed by atoms with van der Waals surface area (Å²) in [6.07, 6.45) is 0. The number of nitro benzene ring substituents is 1. The molecule has 1 saturated heterocycles. The molecule has 1 aromatic rings. The van der Waals surface area contributed by atoms with E-state index in [0.717, 1.165) is 0 Å². The van der Waals surface area contributed by atoms with E-state index in [0.29, 0.717) is 26.2 Å². The first-order chi connectivity index (χ1) is 9.11. The van der Waals surface area contributed by atoms with Crippen molar-refractivity contribution < 1.29 is 14.8 Å². The van der Waals surface area contributed by atoms with E-state index >= 15 is 0 Å². The van der Waals surface area contributed by atoms with Crippen molar-refractivity contribution in [1.82, 2.24) is 10.2 Å². The van der Waals surface area contributed by atoms with Crippen molar-refractivity contribution in [3.8, 4) is 0 Å². The smallest absolute Gasteiger partial charge is 0.325 e. The molecule has 1 aliphatic rings. The summed E-state index contributed by atoms with van der Waals surface area (Å²) in [6.45, 7) is 2.49. The van der Waals surface area contributed by atoms with Crippen molar-refractivity contribution in [2.75, 3.05) is 26.2 Å². The number of rotatable bonds is 4. The first-order valence-corrected chi connectivity index (χ1v) is 6.02. The minimum absolute atomic E-state index is 0.145. The normalized spacial score (nSPS) is 17.9. The predicted octanol–water partition coefficient (Wildman–Crippen LogP) is 0.626. The van der Waals surface area contributed by atoms with Crippen LogP contribution in [-0.2, 0) is 4.79 Å². The number of carbonyl (C=O) groups is 1. The van der Waals surface area contributed by atoms with Gasteiger partial charge in [0.15, 0.2) is 0 Å².